The Hall–Kier alpha value is -0.970. The van der Waals surface area contributed by atoms with Crippen LogP contribution in [0.1, 0.15) is 94.9 Å². The van der Waals surface area contributed by atoms with E-state index in [9.17, 15) is 20.1 Å². The van der Waals surface area contributed by atoms with Crippen LogP contribution in [-0.2, 0) is 42.7 Å². The summed E-state index contributed by atoms with van der Waals surface area (Å²) >= 11 is 0. The van der Waals surface area contributed by atoms with Gasteiger partial charge in [-0.25, -0.2) is 0 Å². The van der Waals surface area contributed by atoms with Crippen molar-refractivity contribution in [2.75, 3.05) is 21.2 Å². The molecule has 0 aromatic carbocycles. The van der Waals surface area contributed by atoms with Crippen molar-refractivity contribution < 1.29 is 58.0 Å². The third-order valence-electron chi connectivity index (χ3n) is 12.9. The first-order valence-corrected chi connectivity index (χ1v) is 18.7. The number of hydrogen-bond acceptors (Lipinski definition) is 13. The Morgan fingerprint density at radius 1 is 0.920 bits per heavy atom. The molecule has 0 radical (unpaired) electrons. The van der Waals surface area contributed by atoms with Crippen LogP contribution in [0.3, 0.4) is 0 Å². The highest BCUT2D eigenvalue weighted by atomic mass is 16.8. The van der Waals surface area contributed by atoms with E-state index < -0.39 is 102 Å². The van der Waals surface area contributed by atoms with Crippen LogP contribution in [0.15, 0.2) is 0 Å². The summed E-state index contributed by atoms with van der Waals surface area (Å²) in [5.74, 6) is -3.80. The van der Waals surface area contributed by atoms with Gasteiger partial charge in [0.2, 0.25) is 0 Å². The smallest absolute Gasteiger partial charge is 0.311 e. The fourth-order valence-corrected chi connectivity index (χ4v) is 9.81. The predicted octanol–water partition coefficient (Wildman–Crippen LogP) is 2.99. The number of rotatable bonds is 7. The van der Waals surface area contributed by atoms with Crippen molar-refractivity contribution in [3.63, 3.8) is 0 Å². The predicted molar refractivity (Wildman–Crippen MR) is 182 cm³/mol. The molecule has 13 heteroatoms. The molecular formula is C37H65NO12. The van der Waals surface area contributed by atoms with E-state index in [1.807, 2.05) is 60.5 Å². The number of carbonyl (C=O) groups excluding carboxylic acids is 1. The van der Waals surface area contributed by atoms with Gasteiger partial charge in [0.05, 0.1) is 47.6 Å². The van der Waals surface area contributed by atoms with Crippen molar-refractivity contribution in [1.82, 2.24) is 4.90 Å². The number of cyclic esters (lactones) is 1. The first-order valence-electron chi connectivity index (χ1n) is 18.7. The minimum absolute atomic E-state index is 0.194. The van der Waals surface area contributed by atoms with E-state index in [1.54, 1.807) is 27.9 Å². The van der Waals surface area contributed by atoms with Crippen LogP contribution in [0, 0.1) is 23.7 Å². The molecule has 3 bridgehead atoms. The second-order valence-electron chi connectivity index (χ2n) is 16.9. The molecule has 5 aliphatic heterocycles. The summed E-state index contributed by atoms with van der Waals surface area (Å²) in [4.78, 5) is 16.2. The maximum absolute atomic E-state index is 14.2. The van der Waals surface area contributed by atoms with Gasteiger partial charge in [-0.1, -0.05) is 27.7 Å². The largest absolute Gasteiger partial charge is 0.459 e. The molecule has 5 aliphatic rings. The zero-order chi connectivity index (χ0) is 37.3. The van der Waals surface area contributed by atoms with Gasteiger partial charge < -0.3 is 58.1 Å². The van der Waals surface area contributed by atoms with Crippen molar-refractivity contribution >= 4 is 5.97 Å². The number of nitrogens with zero attached hydrogens (tertiary/aromatic N) is 1. The maximum Gasteiger partial charge on any atom is 0.311 e. The number of methoxy groups -OCH3 is 1. The Balaban J connectivity index is 1.62. The molecule has 0 aliphatic carbocycles. The monoisotopic (exact) mass is 715 g/mol. The molecule has 19 atom stereocenters. The van der Waals surface area contributed by atoms with Crippen molar-refractivity contribution in [3.8, 4) is 0 Å². The lowest BCUT2D eigenvalue weighted by Gasteiger charge is -2.49. The van der Waals surface area contributed by atoms with Gasteiger partial charge in [-0.3, -0.25) is 4.79 Å². The van der Waals surface area contributed by atoms with Crippen molar-refractivity contribution in [2.24, 2.45) is 23.7 Å². The highest BCUT2D eigenvalue weighted by Crippen LogP contribution is 2.59. The Bertz CT molecular complexity index is 1210. The summed E-state index contributed by atoms with van der Waals surface area (Å²) in [5, 5.41) is 34.4. The number of fused-ring (bicyclic) bond motifs is 2. The van der Waals surface area contributed by atoms with E-state index in [4.69, 9.17) is 37.9 Å². The number of carbonyl (C=O) groups is 1. The Labute approximate surface area is 298 Å². The summed E-state index contributed by atoms with van der Waals surface area (Å²) < 4.78 is 52.3. The molecular weight excluding hydrogens is 650 g/mol. The van der Waals surface area contributed by atoms with Gasteiger partial charge in [0.1, 0.15) is 23.9 Å². The highest BCUT2D eigenvalue weighted by molar-refractivity contribution is 5.73. The number of ether oxygens (including phenoxy) is 8. The first-order chi connectivity index (χ1) is 23.2. The normalized spacial score (nSPS) is 54.7. The lowest BCUT2D eigenvalue weighted by molar-refractivity contribution is -0.344. The summed E-state index contributed by atoms with van der Waals surface area (Å²) in [5.41, 5.74) is -3.25. The molecule has 1 spiro atoms. The van der Waals surface area contributed by atoms with Gasteiger partial charge in [0, 0.05) is 37.3 Å². The Morgan fingerprint density at radius 3 is 2.18 bits per heavy atom. The van der Waals surface area contributed by atoms with Crippen molar-refractivity contribution in [1.29, 1.82) is 0 Å². The van der Waals surface area contributed by atoms with E-state index in [0.717, 1.165) is 0 Å². The van der Waals surface area contributed by atoms with Crippen molar-refractivity contribution in [3.05, 3.63) is 0 Å². The van der Waals surface area contributed by atoms with E-state index in [-0.39, 0.29) is 24.5 Å². The molecule has 0 aromatic rings. The molecule has 290 valence electrons. The number of esters is 1. The topological polar surface area (TPSA) is 155 Å². The molecule has 5 unspecified atom stereocenters. The molecule has 0 saturated carbocycles. The van der Waals surface area contributed by atoms with Gasteiger partial charge in [-0.2, -0.15) is 0 Å². The van der Waals surface area contributed by atoms with Crippen LogP contribution in [0.5, 0.6) is 0 Å². The SMILES string of the molecule is CC[C@@H]1OC(=O)[C@@H](C)[C@H](OC2C[C@@](C)(OC)[C@@H](O)[C@H](C)O2)C(C)[C@H](O[C@@H]2O[C@H](C)C[C@H](N(C)C)[C@H]2O)C2(C)C[C@H](C)C3(O2)O[C@@]1(C)[C@@H](O)C3C. The third-order valence-corrected chi connectivity index (χ3v) is 12.9. The molecule has 5 rings (SSSR count). The Morgan fingerprint density at radius 2 is 1.58 bits per heavy atom. The molecule has 0 amide bonds. The van der Waals surface area contributed by atoms with Crippen LogP contribution < -0.4 is 0 Å². The van der Waals surface area contributed by atoms with Gasteiger partial charge in [-0.15, -0.1) is 0 Å². The van der Waals surface area contributed by atoms with Gasteiger partial charge >= 0.3 is 5.97 Å². The molecule has 5 fully saturated rings. The molecule has 5 heterocycles. The van der Waals surface area contributed by atoms with Crippen LogP contribution in [0.2, 0.25) is 0 Å². The average molecular weight is 716 g/mol. The quantitative estimate of drug-likeness (QED) is 0.331. The third kappa shape index (κ3) is 6.69. The summed E-state index contributed by atoms with van der Waals surface area (Å²) in [6.07, 6.45) is -6.22. The van der Waals surface area contributed by atoms with Crippen LogP contribution >= 0.6 is 0 Å². The molecule has 3 N–H and O–H groups in total. The summed E-state index contributed by atoms with van der Waals surface area (Å²) in [7, 11) is 5.39. The summed E-state index contributed by atoms with van der Waals surface area (Å²) in [6, 6.07) is -0.218. The van der Waals surface area contributed by atoms with Gasteiger partial charge in [0.25, 0.3) is 0 Å². The number of hydrogen-bond donors (Lipinski definition) is 3. The lowest BCUT2D eigenvalue weighted by atomic mass is 9.77. The van der Waals surface area contributed by atoms with E-state index >= 15 is 0 Å². The fraction of sp³-hybridized carbons (Fsp3) is 0.973. The first kappa shape index (κ1) is 40.2. The molecule has 0 aromatic heterocycles. The summed E-state index contributed by atoms with van der Waals surface area (Å²) in [6.45, 7) is 18.9. The van der Waals surface area contributed by atoms with Crippen LogP contribution in [0.25, 0.3) is 0 Å². The number of likely N-dealkylation sites (N-methyl/N-ethyl adjacent to an activating group) is 1. The fourth-order valence-electron chi connectivity index (χ4n) is 9.81. The van der Waals surface area contributed by atoms with Crippen LogP contribution in [-0.4, -0.2) is 137 Å². The maximum atomic E-state index is 14.2. The van der Waals surface area contributed by atoms with Crippen LogP contribution in [0.4, 0.5) is 0 Å². The standard InChI is InChI=1S/C37H65NO12/c1-14-25-36(10)29(40)22(6)37(50-36)18(2)16-35(9,49-37)31(48-33-27(39)24(38(11)12)15-19(3)44-33)20(4)28(21(5)32(42)46-25)47-26-17-34(8,43-13)30(41)23(7)45-26/h18-31,33,39-41H,14-17H2,1-13H3/t18-,19+,20?,21-,22?,23-,24-,25-,26?,27+,28+,29-,30-,31-,33-,34+,35?,36+,37?/m0/s1. The number of aliphatic hydroxyl groups is 3. The highest BCUT2D eigenvalue weighted by Gasteiger charge is 2.71. The van der Waals surface area contributed by atoms with Crippen molar-refractivity contribution in [2.45, 2.75) is 185 Å². The van der Waals surface area contributed by atoms with E-state index in [0.29, 0.717) is 19.3 Å². The number of aliphatic hydroxyl groups excluding tert-OH is 3. The second-order valence-corrected chi connectivity index (χ2v) is 16.9. The van der Waals surface area contributed by atoms with Gasteiger partial charge in [-0.05, 0) is 74.9 Å². The lowest BCUT2D eigenvalue weighted by Crippen LogP contribution is -2.61. The second kappa shape index (κ2) is 14.4. The minimum atomic E-state index is -1.25. The minimum Gasteiger partial charge on any atom is -0.459 e. The van der Waals surface area contributed by atoms with E-state index in [2.05, 4.69) is 6.92 Å². The molecule has 5 saturated heterocycles. The molecule has 13 nitrogen and oxygen atoms in total. The van der Waals surface area contributed by atoms with E-state index in [1.165, 1.54) is 0 Å². The Kier molecular flexibility index (Phi) is 11.5. The molecule has 50 heavy (non-hydrogen) atoms. The zero-order valence-corrected chi connectivity index (χ0v) is 32.5. The average Bonchev–Trinajstić information content (AvgIpc) is 3.42. The zero-order valence-electron chi connectivity index (χ0n) is 32.5. The van der Waals surface area contributed by atoms with Gasteiger partial charge in [0.15, 0.2) is 18.4 Å².